The van der Waals surface area contributed by atoms with Gasteiger partial charge >= 0.3 is 6.18 Å². The largest absolute Gasteiger partial charge is 0.406 e. The number of amides is 2. The van der Waals surface area contributed by atoms with Gasteiger partial charge in [-0.3, -0.25) is 14.6 Å². The second-order valence-corrected chi connectivity index (χ2v) is 6.09. The van der Waals surface area contributed by atoms with Gasteiger partial charge in [0.2, 0.25) is 5.91 Å². The Balaban J connectivity index is 2.21. The lowest BCUT2D eigenvalue weighted by Gasteiger charge is -2.26. The van der Waals surface area contributed by atoms with Crippen molar-refractivity contribution in [1.82, 2.24) is 0 Å². The molecule has 0 saturated carbocycles. The molecule has 0 aromatic heterocycles. The number of para-hydroxylation sites is 1. The molecule has 8 heteroatoms. The number of halogens is 3. The first-order valence-electron chi connectivity index (χ1n) is 8.15. The molecule has 1 aliphatic rings. The highest BCUT2D eigenvalue weighted by atomic mass is 19.4. The number of rotatable bonds is 4. The molecule has 140 valence electrons. The Morgan fingerprint density at radius 2 is 1.70 bits per heavy atom. The van der Waals surface area contributed by atoms with Gasteiger partial charge in [0.25, 0.3) is 5.91 Å². The molecule has 0 bridgehead atoms. The number of carbonyl (C=O) groups excluding carboxylic acids is 2. The first-order valence-corrected chi connectivity index (χ1v) is 8.15. The summed E-state index contributed by atoms with van der Waals surface area (Å²) in [5.74, 6) is -1.73. The zero-order valence-electron chi connectivity index (χ0n) is 14.1. The molecule has 0 saturated heterocycles. The molecule has 27 heavy (non-hydrogen) atoms. The molecule has 0 spiro atoms. The maximum Gasteiger partial charge on any atom is 0.406 e. The van der Waals surface area contributed by atoms with E-state index in [9.17, 15) is 22.8 Å². The molecular formula is C19H16F3N3O2. The second kappa shape index (κ2) is 7.22. The normalized spacial score (nSPS) is 17.1. The summed E-state index contributed by atoms with van der Waals surface area (Å²) in [6.07, 6.45) is -5.09. The van der Waals surface area contributed by atoms with Gasteiger partial charge in [-0.25, -0.2) is 0 Å². The standard InChI is InChI=1S/C19H16F3N3O2/c20-19(21,22)11-25-15-9-5-4-8-13(15)17(12-6-2-1-3-7-12)24-14(18(25)27)10-16(23)26/h1-9,14H,10-11H2,(H2,23,26). The topological polar surface area (TPSA) is 75.8 Å². The van der Waals surface area contributed by atoms with Crippen LogP contribution in [-0.2, 0) is 9.59 Å². The number of fused-ring (bicyclic) bond motifs is 1. The third-order valence-corrected chi connectivity index (χ3v) is 4.07. The first-order chi connectivity index (χ1) is 12.8. The fourth-order valence-electron chi connectivity index (χ4n) is 2.98. The zero-order chi connectivity index (χ0) is 19.6. The van der Waals surface area contributed by atoms with Crippen LogP contribution in [0.15, 0.2) is 59.6 Å². The average Bonchev–Trinajstić information content (AvgIpc) is 2.72. The molecule has 3 rings (SSSR count). The Kier molecular flexibility index (Phi) is 4.98. The Labute approximate surface area is 153 Å². The number of anilines is 1. The Hall–Kier alpha value is -3.16. The minimum atomic E-state index is -4.61. The van der Waals surface area contributed by atoms with Crippen LogP contribution in [0.5, 0.6) is 0 Å². The second-order valence-electron chi connectivity index (χ2n) is 6.09. The van der Waals surface area contributed by atoms with E-state index in [2.05, 4.69) is 4.99 Å². The van der Waals surface area contributed by atoms with Gasteiger partial charge in [-0.05, 0) is 6.07 Å². The number of nitrogens with two attached hydrogens (primary N) is 1. The molecule has 0 fully saturated rings. The Morgan fingerprint density at radius 3 is 2.33 bits per heavy atom. The minimum Gasteiger partial charge on any atom is -0.370 e. The Morgan fingerprint density at radius 1 is 1.07 bits per heavy atom. The number of primary amides is 1. The molecule has 0 aliphatic carbocycles. The van der Waals surface area contributed by atoms with Crippen molar-refractivity contribution in [3.8, 4) is 0 Å². The molecule has 5 nitrogen and oxygen atoms in total. The monoisotopic (exact) mass is 375 g/mol. The maximum absolute atomic E-state index is 13.1. The third-order valence-electron chi connectivity index (χ3n) is 4.07. The van der Waals surface area contributed by atoms with E-state index in [0.717, 1.165) is 0 Å². The number of benzodiazepines with no additional fused rings is 1. The van der Waals surface area contributed by atoms with E-state index in [1.165, 1.54) is 6.07 Å². The van der Waals surface area contributed by atoms with Crippen LogP contribution in [-0.4, -0.2) is 36.3 Å². The summed E-state index contributed by atoms with van der Waals surface area (Å²) < 4.78 is 39.4. The van der Waals surface area contributed by atoms with Gasteiger partial charge in [0, 0.05) is 11.1 Å². The number of nitrogens with zero attached hydrogens (tertiary/aromatic N) is 2. The number of carbonyl (C=O) groups is 2. The van der Waals surface area contributed by atoms with Crippen LogP contribution < -0.4 is 10.6 Å². The van der Waals surface area contributed by atoms with Crippen LogP contribution in [0.1, 0.15) is 17.5 Å². The van der Waals surface area contributed by atoms with Gasteiger partial charge in [-0.15, -0.1) is 0 Å². The number of alkyl halides is 3. The summed E-state index contributed by atoms with van der Waals surface area (Å²) in [5, 5.41) is 0. The van der Waals surface area contributed by atoms with Crippen LogP contribution in [0, 0.1) is 0 Å². The highest BCUT2D eigenvalue weighted by Gasteiger charge is 2.39. The highest BCUT2D eigenvalue weighted by molar-refractivity contribution is 6.20. The van der Waals surface area contributed by atoms with Gasteiger partial charge in [0.05, 0.1) is 17.8 Å². The van der Waals surface area contributed by atoms with Gasteiger partial charge in [-0.1, -0.05) is 48.5 Å². The molecule has 1 aliphatic heterocycles. The molecule has 1 unspecified atom stereocenters. The summed E-state index contributed by atoms with van der Waals surface area (Å²) in [5.41, 5.74) is 6.64. The predicted octanol–water partition coefficient (Wildman–Crippen LogP) is 2.68. The van der Waals surface area contributed by atoms with Crippen LogP contribution in [0.3, 0.4) is 0 Å². The van der Waals surface area contributed by atoms with Crippen molar-refractivity contribution in [2.45, 2.75) is 18.6 Å². The van der Waals surface area contributed by atoms with E-state index in [0.29, 0.717) is 21.7 Å². The summed E-state index contributed by atoms with van der Waals surface area (Å²) in [4.78, 5) is 29.2. The smallest absolute Gasteiger partial charge is 0.370 e. The molecule has 2 amide bonds. The van der Waals surface area contributed by atoms with E-state index in [1.807, 2.05) is 0 Å². The minimum absolute atomic E-state index is 0.0920. The lowest BCUT2D eigenvalue weighted by molar-refractivity contribution is -0.133. The first kappa shape index (κ1) is 18.6. The van der Waals surface area contributed by atoms with E-state index in [-0.39, 0.29) is 5.69 Å². The number of hydrogen-bond acceptors (Lipinski definition) is 3. The summed E-state index contributed by atoms with van der Waals surface area (Å²) in [7, 11) is 0. The van der Waals surface area contributed by atoms with E-state index < -0.39 is 37.0 Å². The van der Waals surface area contributed by atoms with Crippen LogP contribution >= 0.6 is 0 Å². The van der Waals surface area contributed by atoms with Crippen molar-refractivity contribution in [3.05, 3.63) is 65.7 Å². The number of benzene rings is 2. The van der Waals surface area contributed by atoms with Gasteiger partial charge in [0.15, 0.2) is 0 Å². The van der Waals surface area contributed by atoms with Crippen LogP contribution in [0.2, 0.25) is 0 Å². The van der Waals surface area contributed by atoms with Crippen molar-refractivity contribution < 1.29 is 22.8 Å². The van der Waals surface area contributed by atoms with Crippen molar-refractivity contribution in [2.75, 3.05) is 11.4 Å². The number of aliphatic imine (C=N–C) groups is 1. The predicted molar refractivity (Wildman–Crippen MR) is 94.5 cm³/mol. The van der Waals surface area contributed by atoms with E-state index in [4.69, 9.17) is 5.73 Å². The maximum atomic E-state index is 13.1. The summed E-state index contributed by atoms with van der Waals surface area (Å²) in [6.45, 7) is -1.48. The lowest BCUT2D eigenvalue weighted by Crippen LogP contribution is -2.44. The molecular weight excluding hydrogens is 359 g/mol. The fraction of sp³-hybridized carbons (Fsp3) is 0.211. The average molecular weight is 375 g/mol. The number of hydrogen-bond donors (Lipinski definition) is 1. The summed E-state index contributed by atoms with van der Waals surface area (Å²) >= 11 is 0. The lowest BCUT2D eigenvalue weighted by atomic mass is 10.0. The highest BCUT2D eigenvalue weighted by Crippen LogP contribution is 2.31. The quantitative estimate of drug-likeness (QED) is 0.892. The van der Waals surface area contributed by atoms with E-state index >= 15 is 0 Å². The Bertz CT molecular complexity index is 895. The van der Waals surface area contributed by atoms with Gasteiger partial charge in [-0.2, -0.15) is 13.2 Å². The molecule has 0 radical (unpaired) electrons. The van der Waals surface area contributed by atoms with Crippen molar-refractivity contribution >= 4 is 23.2 Å². The van der Waals surface area contributed by atoms with Gasteiger partial charge < -0.3 is 10.6 Å². The summed E-state index contributed by atoms with van der Waals surface area (Å²) in [6, 6.07) is 13.7. The third kappa shape index (κ3) is 4.16. The van der Waals surface area contributed by atoms with Crippen molar-refractivity contribution in [1.29, 1.82) is 0 Å². The van der Waals surface area contributed by atoms with Crippen molar-refractivity contribution in [3.63, 3.8) is 0 Å². The van der Waals surface area contributed by atoms with Crippen LogP contribution in [0.4, 0.5) is 18.9 Å². The molecule has 1 heterocycles. The van der Waals surface area contributed by atoms with Crippen LogP contribution in [0.25, 0.3) is 0 Å². The SMILES string of the molecule is NC(=O)CC1N=C(c2ccccc2)c2ccccc2N(CC(F)(F)F)C1=O. The molecule has 2 aromatic rings. The molecule has 1 atom stereocenters. The van der Waals surface area contributed by atoms with Gasteiger partial charge in [0.1, 0.15) is 12.6 Å². The van der Waals surface area contributed by atoms with Crippen molar-refractivity contribution in [2.24, 2.45) is 10.7 Å². The fourth-order valence-corrected chi connectivity index (χ4v) is 2.98. The van der Waals surface area contributed by atoms with E-state index in [1.54, 1.807) is 48.5 Å². The molecule has 2 aromatic carbocycles. The zero-order valence-corrected chi connectivity index (χ0v) is 14.1. The molecule has 2 N–H and O–H groups in total.